The van der Waals surface area contributed by atoms with Crippen molar-refractivity contribution in [1.29, 1.82) is 0 Å². The number of benzene rings is 2. The lowest BCUT2D eigenvalue weighted by molar-refractivity contribution is -0.156. The maximum atomic E-state index is 12.4. The van der Waals surface area contributed by atoms with Gasteiger partial charge in [0, 0.05) is 0 Å². The van der Waals surface area contributed by atoms with Crippen molar-refractivity contribution in [2.24, 2.45) is 5.73 Å². The zero-order valence-electron chi connectivity index (χ0n) is 17.9. The standard InChI is InChI=1S/C25H31NO4/c1-3-4-5-8-14-29-24(28)25(2,26)16-23(27)30-17-19-11-9-13-21-20-12-7-6-10-18(20)15-22(19)21/h6-7,9-13H,3-5,8,14-17,26H2,1-2H3/t25-/m0/s1. The predicted molar refractivity (Wildman–Crippen MR) is 117 cm³/mol. The second-order valence-corrected chi connectivity index (χ2v) is 8.23. The fourth-order valence-corrected chi connectivity index (χ4v) is 3.80. The average Bonchev–Trinajstić information content (AvgIpc) is 3.11. The summed E-state index contributed by atoms with van der Waals surface area (Å²) < 4.78 is 10.7. The second-order valence-electron chi connectivity index (χ2n) is 8.23. The van der Waals surface area contributed by atoms with Crippen LogP contribution in [-0.2, 0) is 32.1 Å². The van der Waals surface area contributed by atoms with E-state index in [-0.39, 0.29) is 13.0 Å². The van der Waals surface area contributed by atoms with Gasteiger partial charge in [0.05, 0.1) is 13.0 Å². The minimum atomic E-state index is -1.39. The number of unbranched alkanes of at least 4 members (excludes halogenated alkanes) is 3. The van der Waals surface area contributed by atoms with Gasteiger partial charge in [-0.25, -0.2) is 0 Å². The summed E-state index contributed by atoms with van der Waals surface area (Å²) in [4.78, 5) is 24.6. The van der Waals surface area contributed by atoms with E-state index in [4.69, 9.17) is 15.2 Å². The van der Waals surface area contributed by atoms with E-state index in [0.717, 1.165) is 37.7 Å². The van der Waals surface area contributed by atoms with E-state index in [1.807, 2.05) is 24.3 Å². The third kappa shape index (κ3) is 5.28. The Morgan fingerprint density at radius 2 is 1.77 bits per heavy atom. The van der Waals surface area contributed by atoms with Gasteiger partial charge in [-0.3, -0.25) is 9.59 Å². The van der Waals surface area contributed by atoms with Crippen LogP contribution in [-0.4, -0.2) is 24.1 Å². The van der Waals surface area contributed by atoms with Gasteiger partial charge in [0.15, 0.2) is 0 Å². The van der Waals surface area contributed by atoms with E-state index in [1.54, 1.807) is 0 Å². The van der Waals surface area contributed by atoms with Crippen molar-refractivity contribution in [2.75, 3.05) is 6.61 Å². The Kier molecular flexibility index (Phi) is 7.27. The number of carbonyl (C=O) groups is 2. The Morgan fingerprint density at radius 1 is 1.00 bits per heavy atom. The smallest absolute Gasteiger partial charge is 0.326 e. The number of ether oxygens (including phenoxy) is 2. The summed E-state index contributed by atoms with van der Waals surface area (Å²) in [6, 6.07) is 14.4. The van der Waals surface area contributed by atoms with E-state index < -0.39 is 17.5 Å². The molecule has 0 saturated heterocycles. The van der Waals surface area contributed by atoms with Crippen LogP contribution in [0.25, 0.3) is 11.1 Å². The van der Waals surface area contributed by atoms with Crippen LogP contribution in [0.15, 0.2) is 42.5 Å². The van der Waals surface area contributed by atoms with Gasteiger partial charge in [0.2, 0.25) is 0 Å². The molecule has 1 atom stereocenters. The van der Waals surface area contributed by atoms with Crippen molar-refractivity contribution in [3.8, 4) is 11.1 Å². The first-order chi connectivity index (χ1) is 14.4. The summed E-state index contributed by atoms with van der Waals surface area (Å²) >= 11 is 0. The second kappa shape index (κ2) is 9.90. The van der Waals surface area contributed by atoms with Gasteiger partial charge in [-0.15, -0.1) is 0 Å². The van der Waals surface area contributed by atoms with E-state index >= 15 is 0 Å². The minimum absolute atomic E-state index is 0.165. The van der Waals surface area contributed by atoms with Crippen LogP contribution >= 0.6 is 0 Å². The molecule has 3 rings (SSSR count). The quantitative estimate of drug-likeness (QED) is 0.393. The summed E-state index contributed by atoms with van der Waals surface area (Å²) in [7, 11) is 0. The summed E-state index contributed by atoms with van der Waals surface area (Å²) in [6.07, 6.45) is 4.66. The zero-order valence-corrected chi connectivity index (χ0v) is 17.9. The number of fused-ring (bicyclic) bond motifs is 3. The van der Waals surface area contributed by atoms with Crippen LogP contribution in [0.2, 0.25) is 0 Å². The number of esters is 2. The molecule has 5 nitrogen and oxygen atoms in total. The summed E-state index contributed by atoms with van der Waals surface area (Å²) in [5.74, 6) is -1.07. The van der Waals surface area contributed by atoms with E-state index in [0.29, 0.717) is 6.61 Å². The van der Waals surface area contributed by atoms with Crippen molar-refractivity contribution in [1.82, 2.24) is 0 Å². The topological polar surface area (TPSA) is 78.6 Å². The van der Waals surface area contributed by atoms with Crippen LogP contribution < -0.4 is 5.73 Å². The molecule has 1 aliphatic rings. The third-order valence-electron chi connectivity index (χ3n) is 5.55. The Bertz CT molecular complexity index is 904. The first-order valence-electron chi connectivity index (χ1n) is 10.7. The zero-order chi connectivity index (χ0) is 21.6. The third-order valence-corrected chi connectivity index (χ3v) is 5.55. The Hall–Kier alpha value is -2.66. The van der Waals surface area contributed by atoms with Crippen LogP contribution in [0, 0.1) is 0 Å². The Morgan fingerprint density at radius 3 is 2.57 bits per heavy atom. The molecule has 5 heteroatoms. The molecular formula is C25H31NO4. The van der Waals surface area contributed by atoms with Crippen LogP contribution in [0.4, 0.5) is 0 Å². The lowest BCUT2D eigenvalue weighted by atomic mass is 9.99. The Balaban J connectivity index is 1.52. The van der Waals surface area contributed by atoms with E-state index in [2.05, 4.69) is 25.1 Å². The maximum Gasteiger partial charge on any atom is 0.326 e. The van der Waals surface area contributed by atoms with Crippen LogP contribution in [0.1, 0.15) is 62.6 Å². The molecule has 0 unspecified atom stereocenters. The summed E-state index contributed by atoms with van der Waals surface area (Å²) in [5, 5.41) is 0. The molecule has 0 amide bonds. The highest BCUT2D eigenvalue weighted by atomic mass is 16.5. The van der Waals surface area contributed by atoms with Gasteiger partial charge in [-0.1, -0.05) is 68.7 Å². The normalized spacial score (nSPS) is 13.8. The molecule has 2 N–H and O–H groups in total. The molecular weight excluding hydrogens is 378 g/mol. The molecule has 30 heavy (non-hydrogen) atoms. The van der Waals surface area contributed by atoms with Crippen molar-refractivity contribution < 1.29 is 19.1 Å². The van der Waals surface area contributed by atoms with Crippen molar-refractivity contribution in [3.63, 3.8) is 0 Å². The number of rotatable bonds is 10. The maximum absolute atomic E-state index is 12.4. The number of hydrogen-bond acceptors (Lipinski definition) is 5. The minimum Gasteiger partial charge on any atom is -0.464 e. The molecule has 1 aliphatic carbocycles. The van der Waals surface area contributed by atoms with Gasteiger partial charge < -0.3 is 15.2 Å². The van der Waals surface area contributed by atoms with Gasteiger partial charge in [-0.05, 0) is 47.6 Å². The highest BCUT2D eigenvalue weighted by molar-refractivity contribution is 5.86. The molecule has 0 spiro atoms. The number of hydrogen-bond donors (Lipinski definition) is 1. The van der Waals surface area contributed by atoms with Gasteiger partial charge in [0.1, 0.15) is 12.1 Å². The first-order valence-corrected chi connectivity index (χ1v) is 10.7. The van der Waals surface area contributed by atoms with Crippen molar-refractivity contribution >= 4 is 11.9 Å². The largest absolute Gasteiger partial charge is 0.464 e. The summed E-state index contributed by atoms with van der Waals surface area (Å²) in [5.41, 5.74) is 10.5. The fourth-order valence-electron chi connectivity index (χ4n) is 3.80. The van der Waals surface area contributed by atoms with Gasteiger partial charge in [0.25, 0.3) is 0 Å². The molecule has 0 aromatic heterocycles. The number of nitrogens with two attached hydrogens (primary N) is 1. The molecule has 0 fully saturated rings. The molecule has 0 heterocycles. The molecule has 0 aliphatic heterocycles. The average molecular weight is 410 g/mol. The molecule has 160 valence electrons. The Labute approximate surface area is 178 Å². The van der Waals surface area contributed by atoms with Gasteiger partial charge >= 0.3 is 11.9 Å². The lowest BCUT2D eigenvalue weighted by Gasteiger charge is -2.21. The lowest BCUT2D eigenvalue weighted by Crippen LogP contribution is -2.48. The van der Waals surface area contributed by atoms with Crippen molar-refractivity contribution in [3.05, 3.63) is 59.2 Å². The van der Waals surface area contributed by atoms with Crippen LogP contribution in [0.3, 0.4) is 0 Å². The molecule has 0 bridgehead atoms. The van der Waals surface area contributed by atoms with E-state index in [9.17, 15) is 9.59 Å². The molecule has 2 aromatic rings. The van der Waals surface area contributed by atoms with Crippen LogP contribution in [0.5, 0.6) is 0 Å². The molecule has 0 saturated carbocycles. The monoisotopic (exact) mass is 409 g/mol. The highest BCUT2D eigenvalue weighted by Gasteiger charge is 2.34. The number of carbonyl (C=O) groups excluding carboxylic acids is 2. The van der Waals surface area contributed by atoms with Crippen molar-refractivity contribution in [2.45, 2.75) is 64.5 Å². The highest BCUT2D eigenvalue weighted by Crippen LogP contribution is 2.38. The first kappa shape index (κ1) is 22.0. The molecule has 0 radical (unpaired) electrons. The fraction of sp³-hybridized carbons (Fsp3) is 0.440. The molecule has 2 aromatic carbocycles. The predicted octanol–water partition coefficient (Wildman–Crippen LogP) is 4.53. The van der Waals surface area contributed by atoms with Gasteiger partial charge in [-0.2, -0.15) is 0 Å². The SMILES string of the molecule is CCCCCCOC(=O)[C@@](C)(N)CC(=O)OCc1cccc2c1Cc1ccccc1-2. The summed E-state index contributed by atoms with van der Waals surface area (Å²) in [6.45, 7) is 4.13. The van der Waals surface area contributed by atoms with E-state index in [1.165, 1.54) is 29.2 Å².